The van der Waals surface area contributed by atoms with Gasteiger partial charge in [0, 0.05) is 22.5 Å². The lowest BCUT2D eigenvalue weighted by Crippen LogP contribution is -1.99. The van der Waals surface area contributed by atoms with Crippen molar-refractivity contribution in [3.8, 4) is 10.7 Å². The van der Waals surface area contributed by atoms with Gasteiger partial charge in [-0.25, -0.2) is 4.98 Å². The third-order valence-corrected chi connectivity index (χ3v) is 4.81. The van der Waals surface area contributed by atoms with Crippen LogP contribution in [0.25, 0.3) is 21.6 Å². The maximum Gasteiger partial charge on any atom is 0.223 e. The number of carbonyl (C=O) groups excluding carboxylic acids is 1. The average Bonchev–Trinajstić information content (AvgIpc) is 3.25. The minimum absolute atomic E-state index is 0.105. The fourth-order valence-electron chi connectivity index (χ4n) is 2.19. The fourth-order valence-corrected chi connectivity index (χ4v) is 3.59. The Balaban J connectivity index is 1.73. The summed E-state index contributed by atoms with van der Waals surface area (Å²) in [7, 11) is 0. The number of rotatable bonds is 3. The third kappa shape index (κ3) is 2.09. The summed E-state index contributed by atoms with van der Waals surface area (Å²) in [4.78, 5) is 20.1. The number of carbonyl (C=O) groups is 1. The van der Waals surface area contributed by atoms with Crippen molar-refractivity contribution in [1.29, 1.82) is 0 Å². The maximum atomic E-state index is 12.6. The van der Waals surface area contributed by atoms with E-state index in [2.05, 4.69) is 20.2 Å². The van der Waals surface area contributed by atoms with Gasteiger partial charge in [-0.2, -0.15) is 0 Å². The molecule has 8 heteroatoms. The van der Waals surface area contributed by atoms with Crippen LogP contribution in [0.15, 0.2) is 35.8 Å². The molecule has 0 bridgehead atoms. The van der Waals surface area contributed by atoms with Gasteiger partial charge in [0.15, 0.2) is 10.0 Å². The van der Waals surface area contributed by atoms with Gasteiger partial charge in [0.2, 0.25) is 10.9 Å². The van der Waals surface area contributed by atoms with Crippen molar-refractivity contribution >= 4 is 44.5 Å². The highest BCUT2D eigenvalue weighted by Gasteiger charge is 2.19. The molecule has 0 unspecified atom stereocenters. The zero-order valence-electron chi connectivity index (χ0n) is 11.1. The summed E-state index contributed by atoms with van der Waals surface area (Å²) < 4.78 is 0. The van der Waals surface area contributed by atoms with Crippen molar-refractivity contribution in [2.75, 3.05) is 5.73 Å². The van der Waals surface area contributed by atoms with Crippen LogP contribution in [0.4, 0.5) is 5.13 Å². The van der Waals surface area contributed by atoms with Crippen molar-refractivity contribution in [3.63, 3.8) is 0 Å². The Kier molecular flexibility index (Phi) is 2.98. The summed E-state index contributed by atoms with van der Waals surface area (Å²) in [6.45, 7) is 0. The SMILES string of the molecule is Nc1nnc(-c2csc(C(=O)c3c[nH]c4ccccc34)n2)s1. The van der Waals surface area contributed by atoms with Crippen molar-refractivity contribution in [1.82, 2.24) is 20.2 Å². The Morgan fingerprint density at radius 1 is 1.23 bits per heavy atom. The number of hydrogen-bond acceptors (Lipinski definition) is 7. The first-order valence-corrected chi connectivity index (χ1v) is 8.07. The highest BCUT2D eigenvalue weighted by Crippen LogP contribution is 2.28. The number of nitrogen functional groups attached to an aromatic ring is 1. The van der Waals surface area contributed by atoms with E-state index in [-0.39, 0.29) is 5.78 Å². The number of hydrogen-bond donors (Lipinski definition) is 2. The molecule has 0 radical (unpaired) electrons. The van der Waals surface area contributed by atoms with Crippen LogP contribution in [0.5, 0.6) is 0 Å². The second-order valence-electron chi connectivity index (χ2n) is 4.56. The van der Waals surface area contributed by atoms with Gasteiger partial charge in [-0.3, -0.25) is 4.79 Å². The van der Waals surface area contributed by atoms with Crippen molar-refractivity contribution in [3.05, 3.63) is 46.4 Å². The van der Waals surface area contributed by atoms with Crippen LogP contribution in [0, 0.1) is 0 Å². The number of nitrogens with zero attached hydrogens (tertiary/aromatic N) is 3. The number of fused-ring (bicyclic) bond motifs is 1. The first-order chi connectivity index (χ1) is 10.7. The number of nitrogens with two attached hydrogens (primary N) is 1. The summed E-state index contributed by atoms with van der Waals surface area (Å²) in [5.41, 5.74) is 7.75. The van der Waals surface area contributed by atoms with Gasteiger partial charge in [-0.05, 0) is 6.07 Å². The van der Waals surface area contributed by atoms with Gasteiger partial charge in [-0.1, -0.05) is 29.5 Å². The first-order valence-electron chi connectivity index (χ1n) is 6.38. The summed E-state index contributed by atoms with van der Waals surface area (Å²) in [5, 5.41) is 11.8. The Hall–Kier alpha value is -2.58. The number of aromatic amines is 1. The number of H-pyrrole nitrogens is 1. The minimum atomic E-state index is -0.105. The first kappa shape index (κ1) is 13.1. The van der Waals surface area contributed by atoms with Gasteiger partial charge in [0.05, 0.1) is 5.56 Å². The molecule has 3 aromatic heterocycles. The molecule has 0 saturated carbocycles. The maximum absolute atomic E-state index is 12.6. The van der Waals surface area contributed by atoms with Gasteiger partial charge in [-0.15, -0.1) is 21.5 Å². The van der Waals surface area contributed by atoms with E-state index in [0.717, 1.165) is 10.9 Å². The van der Waals surface area contributed by atoms with E-state index in [0.29, 0.717) is 26.4 Å². The third-order valence-electron chi connectivity index (χ3n) is 3.19. The molecule has 0 spiro atoms. The summed E-state index contributed by atoms with van der Waals surface area (Å²) in [5.74, 6) is -0.105. The molecule has 4 aromatic rings. The number of benzene rings is 1. The molecule has 0 atom stereocenters. The minimum Gasteiger partial charge on any atom is -0.374 e. The van der Waals surface area contributed by atoms with Gasteiger partial charge in [0.25, 0.3) is 0 Å². The zero-order chi connectivity index (χ0) is 15.1. The lowest BCUT2D eigenvalue weighted by Gasteiger charge is -1.94. The molecule has 6 nitrogen and oxygen atoms in total. The Labute approximate surface area is 132 Å². The number of para-hydroxylation sites is 1. The predicted octanol–water partition coefficient (Wildman–Crippen LogP) is 2.96. The second-order valence-corrected chi connectivity index (χ2v) is 6.43. The average molecular weight is 327 g/mol. The number of ketones is 1. The molecular weight excluding hydrogens is 318 g/mol. The van der Waals surface area contributed by atoms with E-state index in [1.54, 1.807) is 11.6 Å². The smallest absolute Gasteiger partial charge is 0.223 e. The summed E-state index contributed by atoms with van der Waals surface area (Å²) >= 11 is 2.54. The standard InChI is InChI=1S/C14H9N5OS2/c15-14-19-18-12(22-14)10-6-21-13(17-10)11(20)8-5-16-9-4-2-1-3-7(8)9/h1-6,16H,(H2,15,19). The highest BCUT2D eigenvalue weighted by molar-refractivity contribution is 7.18. The lowest BCUT2D eigenvalue weighted by molar-refractivity contribution is 0.104. The topological polar surface area (TPSA) is 97.5 Å². The molecule has 108 valence electrons. The number of nitrogens with one attached hydrogen (secondary N) is 1. The van der Waals surface area contributed by atoms with Crippen molar-refractivity contribution in [2.45, 2.75) is 0 Å². The zero-order valence-corrected chi connectivity index (χ0v) is 12.7. The van der Waals surface area contributed by atoms with E-state index in [1.807, 2.05) is 24.3 Å². The van der Waals surface area contributed by atoms with E-state index in [1.165, 1.54) is 22.7 Å². The number of aromatic nitrogens is 4. The Morgan fingerprint density at radius 3 is 2.91 bits per heavy atom. The largest absolute Gasteiger partial charge is 0.374 e. The van der Waals surface area contributed by atoms with E-state index < -0.39 is 0 Å². The lowest BCUT2D eigenvalue weighted by atomic mass is 10.1. The van der Waals surface area contributed by atoms with Crippen molar-refractivity contribution in [2.24, 2.45) is 0 Å². The van der Waals surface area contributed by atoms with Gasteiger partial charge in [0.1, 0.15) is 5.69 Å². The predicted molar refractivity (Wildman–Crippen MR) is 87.2 cm³/mol. The van der Waals surface area contributed by atoms with Crippen LogP contribution < -0.4 is 5.73 Å². The van der Waals surface area contributed by atoms with Crippen molar-refractivity contribution < 1.29 is 4.79 Å². The second kappa shape index (κ2) is 5.00. The van der Waals surface area contributed by atoms with E-state index in [9.17, 15) is 4.79 Å². The highest BCUT2D eigenvalue weighted by atomic mass is 32.1. The van der Waals surface area contributed by atoms with Gasteiger partial charge >= 0.3 is 0 Å². The summed E-state index contributed by atoms with van der Waals surface area (Å²) in [6, 6.07) is 7.68. The molecule has 0 aliphatic rings. The Bertz CT molecular complexity index is 984. The van der Waals surface area contributed by atoms with Crippen LogP contribution in [-0.4, -0.2) is 25.9 Å². The molecule has 1 aromatic carbocycles. The van der Waals surface area contributed by atoms with E-state index >= 15 is 0 Å². The molecule has 0 saturated heterocycles. The fraction of sp³-hybridized carbons (Fsp3) is 0. The monoisotopic (exact) mass is 327 g/mol. The van der Waals surface area contributed by atoms with Crippen LogP contribution in [0.3, 0.4) is 0 Å². The molecule has 22 heavy (non-hydrogen) atoms. The molecule has 3 heterocycles. The van der Waals surface area contributed by atoms with Crippen LogP contribution in [0.2, 0.25) is 0 Å². The van der Waals surface area contributed by atoms with Crippen LogP contribution >= 0.6 is 22.7 Å². The molecule has 4 rings (SSSR count). The quantitative estimate of drug-likeness (QED) is 0.564. The van der Waals surface area contributed by atoms with Crippen LogP contribution in [0.1, 0.15) is 15.4 Å². The number of thiazole rings is 1. The van der Waals surface area contributed by atoms with E-state index in [4.69, 9.17) is 5.73 Å². The molecule has 0 amide bonds. The van der Waals surface area contributed by atoms with Crippen LogP contribution in [-0.2, 0) is 0 Å². The molecule has 0 fully saturated rings. The molecular formula is C14H9N5OS2. The Morgan fingerprint density at radius 2 is 2.09 bits per heavy atom. The molecule has 0 aliphatic carbocycles. The normalized spacial score (nSPS) is 11.1. The molecule has 3 N–H and O–H groups in total. The van der Waals surface area contributed by atoms with Gasteiger partial charge < -0.3 is 10.7 Å². The number of anilines is 1. The molecule has 0 aliphatic heterocycles. The summed E-state index contributed by atoms with van der Waals surface area (Å²) in [6.07, 6.45) is 1.72.